The predicted molar refractivity (Wildman–Crippen MR) is 61.2 cm³/mol. The van der Waals surface area contributed by atoms with Gasteiger partial charge in [0, 0.05) is 17.6 Å². The van der Waals surface area contributed by atoms with Crippen molar-refractivity contribution in [3.8, 4) is 5.75 Å². The Morgan fingerprint density at radius 1 is 1.28 bits per heavy atom. The van der Waals surface area contributed by atoms with Crippen molar-refractivity contribution in [1.29, 1.82) is 0 Å². The van der Waals surface area contributed by atoms with Crippen LogP contribution in [-0.4, -0.2) is 24.1 Å². The number of hydrogen-bond acceptors (Lipinski definition) is 3. The normalized spacial score (nSPS) is 15.2. The molecule has 0 saturated heterocycles. The molecule has 3 nitrogen and oxygen atoms in total. The standard InChI is InChI=1S/C12H16F3NO2/c1-8(7-17)16-9(2)10-5-3-4-6-11(10)18-12(13,14)15/h3-6,8-9,16-17H,7H2,1-2H3/t8-,9+/m0/s1. The van der Waals surface area contributed by atoms with Crippen molar-refractivity contribution < 1.29 is 23.0 Å². The predicted octanol–water partition coefficient (Wildman–Crippen LogP) is 2.62. The molecule has 0 aliphatic rings. The van der Waals surface area contributed by atoms with E-state index in [-0.39, 0.29) is 24.4 Å². The van der Waals surface area contributed by atoms with Crippen LogP contribution in [0.2, 0.25) is 0 Å². The van der Waals surface area contributed by atoms with Crippen LogP contribution in [0.15, 0.2) is 24.3 Å². The van der Waals surface area contributed by atoms with Gasteiger partial charge in [0.2, 0.25) is 0 Å². The van der Waals surface area contributed by atoms with E-state index in [9.17, 15) is 13.2 Å². The second kappa shape index (κ2) is 6.06. The zero-order valence-corrected chi connectivity index (χ0v) is 10.2. The molecule has 0 heterocycles. The molecular formula is C12H16F3NO2. The van der Waals surface area contributed by atoms with Crippen LogP contribution in [0.1, 0.15) is 25.5 Å². The summed E-state index contributed by atoms with van der Waals surface area (Å²) < 4.78 is 40.7. The average Bonchev–Trinajstić information content (AvgIpc) is 2.27. The molecule has 1 aromatic rings. The first-order valence-corrected chi connectivity index (χ1v) is 5.55. The third-order valence-corrected chi connectivity index (χ3v) is 2.42. The highest BCUT2D eigenvalue weighted by Gasteiger charge is 2.32. The Labute approximate surface area is 104 Å². The molecule has 0 unspecified atom stereocenters. The largest absolute Gasteiger partial charge is 0.573 e. The van der Waals surface area contributed by atoms with Gasteiger partial charge in [-0.05, 0) is 19.9 Å². The van der Waals surface area contributed by atoms with E-state index in [0.29, 0.717) is 5.56 Å². The summed E-state index contributed by atoms with van der Waals surface area (Å²) in [7, 11) is 0. The number of benzene rings is 1. The van der Waals surface area contributed by atoms with Gasteiger partial charge in [0.1, 0.15) is 5.75 Å². The van der Waals surface area contributed by atoms with E-state index in [1.165, 1.54) is 12.1 Å². The number of aliphatic hydroxyl groups excluding tert-OH is 1. The first-order chi connectivity index (χ1) is 8.33. The lowest BCUT2D eigenvalue weighted by Crippen LogP contribution is -2.32. The highest BCUT2D eigenvalue weighted by Crippen LogP contribution is 2.30. The zero-order valence-electron chi connectivity index (χ0n) is 10.2. The van der Waals surface area contributed by atoms with Crippen LogP contribution in [0, 0.1) is 0 Å². The number of para-hydroxylation sites is 1. The van der Waals surface area contributed by atoms with E-state index >= 15 is 0 Å². The van der Waals surface area contributed by atoms with Crippen LogP contribution < -0.4 is 10.1 Å². The maximum atomic E-state index is 12.2. The minimum Gasteiger partial charge on any atom is -0.405 e. The molecule has 1 rings (SSSR count). The maximum Gasteiger partial charge on any atom is 0.573 e. The summed E-state index contributed by atoms with van der Waals surface area (Å²) in [6, 6.07) is 5.38. The molecule has 0 bridgehead atoms. The van der Waals surface area contributed by atoms with Crippen LogP contribution in [0.4, 0.5) is 13.2 Å². The number of aliphatic hydroxyl groups is 1. The van der Waals surface area contributed by atoms with Crippen molar-refractivity contribution in [3.05, 3.63) is 29.8 Å². The topological polar surface area (TPSA) is 41.5 Å². The van der Waals surface area contributed by atoms with Crippen molar-refractivity contribution in [2.75, 3.05) is 6.61 Å². The molecule has 6 heteroatoms. The molecule has 0 saturated carbocycles. The Hall–Kier alpha value is -1.27. The molecule has 2 N–H and O–H groups in total. The van der Waals surface area contributed by atoms with Gasteiger partial charge in [-0.1, -0.05) is 18.2 Å². The smallest absolute Gasteiger partial charge is 0.405 e. The fourth-order valence-corrected chi connectivity index (χ4v) is 1.63. The van der Waals surface area contributed by atoms with Gasteiger partial charge in [-0.25, -0.2) is 0 Å². The molecule has 0 spiro atoms. The SMILES string of the molecule is C[C@@H](CO)N[C@H](C)c1ccccc1OC(F)(F)F. The van der Waals surface area contributed by atoms with E-state index in [1.54, 1.807) is 26.0 Å². The van der Waals surface area contributed by atoms with E-state index in [0.717, 1.165) is 0 Å². The molecule has 18 heavy (non-hydrogen) atoms. The Balaban J connectivity index is 2.87. The summed E-state index contributed by atoms with van der Waals surface area (Å²) in [4.78, 5) is 0. The van der Waals surface area contributed by atoms with Gasteiger partial charge in [-0.2, -0.15) is 0 Å². The molecular weight excluding hydrogens is 247 g/mol. The van der Waals surface area contributed by atoms with Gasteiger partial charge < -0.3 is 15.2 Å². The molecule has 0 amide bonds. The van der Waals surface area contributed by atoms with Gasteiger partial charge in [0.15, 0.2) is 0 Å². The molecule has 0 radical (unpaired) electrons. The van der Waals surface area contributed by atoms with Crippen molar-refractivity contribution >= 4 is 0 Å². The van der Waals surface area contributed by atoms with Crippen LogP contribution >= 0.6 is 0 Å². The maximum absolute atomic E-state index is 12.2. The summed E-state index contributed by atoms with van der Waals surface area (Å²) in [6.45, 7) is 3.36. The zero-order chi connectivity index (χ0) is 13.8. The number of halogens is 3. The summed E-state index contributed by atoms with van der Waals surface area (Å²) in [6.07, 6.45) is -4.71. The fraction of sp³-hybridized carbons (Fsp3) is 0.500. The quantitative estimate of drug-likeness (QED) is 0.858. The second-order valence-electron chi connectivity index (χ2n) is 4.06. The van der Waals surface area contributed by atoms with E-state index in [4.69, 9.17) is 5.11 Å². The van der Waals surface area contributed by atoms with Gasteiger partial charge in [-0.3, -0.25) is 0 Å². The number of ether oxygens (including phenoxy) is 1. The van der Waals surface area contributed by atoms with Crippen LogP contribution in [0.25, 0.3) is 0 Å². The van der Waals surface area contributed by atoms with Crippen molar-refractivity contribution in [1.82, 2.24) is 5.32 Å². The highest BCUT2D eigenvalue weighted by atomic mass is 19.4. The summed E-state index contributed by atoms with van der Waals surface area (Å²) >= 11 is 0. The number of hydrogen-bond donors (Lipinski definition) is 2. The Morgan fingerprint density at radius 3 is 2.44 bits per heavy atom. The highest BCUT2D eigenvalue weighted by molar-refractivity contribution is 5.35. The van der Waals surface area contributed by atoms with Crippen LogP contribution in [-0.2, 0) is 0 Å². The number of nitrogens with one attached hydrogen (secondary N) is 1. The van der Waals surface area contributed by atoms with E-state index in [1.807, 2.05) is 0 Å². The fourth-order valence-electron chi connectivity index (χ4n) is 1.63. The minimum absolute atomic E-state index is 0.0906. The lowest BCUT2D eigenvalue weighted by Gasteiger charge is -2.21. The molecule has 0 aliphatic heterocycles. The van der Waals surface area contributed by atoms with Crippen LogP contribution in [0.5, 0.6) is 5.75 Å². The Morgan fingerprint density at radius 2 is 1.89 bits per heavy atom. The summed E-state index contributed by atoms with van der Waals surface area (Å²) in [5.74, 6) is -0.227. The lowest BCUT2D eigenvalue weighted by molar-refractivity contribution is -0.275. The van der Waals surface area contributed by atoms with Crippen LogP contribution in [0.3, 0.4) is 0 Å². The van der Waals surface area contributed by atoms with Crippen molar-refractivity contribution in [3.63, 3.8) is 0 Å². The monoisotopic (exact) mass is 263 g/mol. The molecule has 0 fully saturated rings. The van der Waals surface area contributed by atoms with Gasteiger partial charge in [0.05, 0.1) is 6.61 Å². The van der Waals surface area contributed by atoms with Gasteiger partial charge in [-0.15, -0.1) is 13.2 Å². The Kier molecular flexibility index (Phi) is 4.98. The molecule has 2 atom stereocenters. The first kappa shape index (κ1) is 14.8. The number of rotatable bonds is 5. The Bertz CT molecular complexity index is 382. The third-order valence-electron chi connectivity index (χ3n) is 2.42. The summed E-state index contributed by atoms with van der Waals surface area (Å²) in [5, 5.41) is 11.9. The molecule has 1 aromatic carbocycles. The van der Waals surface area contributed by atoms with Crippen molar-refractivity contribution in [2.24, 2.45) is 0 Å². The van der Waals surface area contributed by atoms with Gasteiger partial charge in [0.25, 0.3) is 0 Å². The molecule has 102 valence electrons. The minimum atomic E-state index is -4.71. The molecule has 0 aromatic heterocycles. The average molecular weight is 263 g/mol. The van der Waals surface area contributed by atoms with Crippen molar-refractivity contribution in [2.45, 2.75) is 32.3 Å². The lowest BCUT2D eigenvalue weighted by atomic mass is 10.1. The first-order valence-electron chi connectivity index (χ1n) is 5.55. The summed E-state index contributed by atoms with van der Waals surface area (Å²) in [5.41, 5.74) is 0.398. The third kappa shape index (κ3) is 4.54. The van der Waals surface area contributed by atoms with E-state index < -0.39 is 6.36 Å². The van der Waals surface area contributed by atoms with Gasteiger partial charge >= 0.3 is 6.36 Å². The molecule has 0 aliphatic carbocycles. The number of alkyl halides is 3. The second-order valence-corrected chi connectivity index (χ2v) is 4.06. The van der Waals surface area contributed by atoms with E-state index in [2.05, 4.69) is 10.1 Å².